The smallest absolute Gasteiger partial charge is 0.0473 e. The van der Waals surface area contributed by atoms with Crippen molar-refractivity contribution in [3.63, 3.8) is 0 Å². The second kappa shape index (κ2) is 6.70. The molecule has 0 amide bonds. The third-order valence-corrected chi connectivity index (χ3v) is 4.90. The summed E-state index contributed by atoms with van der Waals surface area (Å²) in [6.07, 6.45) is 2.57. The fourth-order valence-electron chi connectivity index (χ4n) is 3.37. The van der Waals surface area contributed by atoms with Crippen molar-refractivity contribution in [1.82, 2.24) is 9.80 Å². The molecule has 1 aromatic carbocycles. The molecule has 1 saturated heterocycles. The highest BCUT2D eigenvalue weighted by molar-refractivity contribution is 5.35. The van der Waals surface area contributed by atoms with Crippen molar-refractivity contribution < 1.29 is 0 Å². The van der Waals surface area contributed by atoms with Crippen molar-refractivity contribution in [2.75, 3.05) is 33.7 Å². The minimum atomic E-state index is 0.325. The Balaban J connectivity index is 2.20. The van der Waals surface area contributed by atoms with Crippen molar-refractivity contribution in [3.05, 3.63) is 34.9 Å². The predicted molar refractivity (Wildman–Crippen MR) is 86.0 cm³/mol. The van der Waals surface area contributed by atoms with Crippen LogP contribution < -0.4 is 5.73 Å². The summed E-state index contributed by atoms with van der Waals surface area (Å²) >= 11 is 0. The quantitative estimate of drug-likeness (QED) is 0.915. The highest BCUT2D eigenvalue weighted by Gasteiger charge is 2.27. The van der Waals surface area contributed by atoms with Gasteiger partial charge in [0.15, 0.2) is 0 Å². The molecule has 1 aliphatic rings. The second-order valence-electron chi connectivity index (χ2n) is 6.26. The number of likely N-dealkylation sites (tertiary alicyclic amines) is 1. The van der Waals surface area contributed by atoms with Crippen LogP contribution in [-0.2, 0) is 0 Å². The van der Waals surface area contributed by atoms with Gasteiger partial charge in [0.2, 0.25) is 0 Å². The Kier molecular flexibility index (Phi) is 5.19. The molecule has 0 aliphatic carbocycles. The van der Waals surface area contributed by atoms with Crippen LogP contribution >= 0.6 is 0 Å². The first-order valence-electron chi connectivity index (χ1n) is 7.71. The third-order valence-electron chi connectivity index (χ3n) is 4.90. The van der Waals surface area contributed by atoms with Gasteiger partial charge in [-0.15, -0.1) is 0 Å². The number of nitrogens with zero attached hydrogens (tertiary/aromatic N) is 2. The van der Waals surface area contributed by atoms with E-state index in [-0.39, 0.29) is 0 Å². The van der Waals surface area contributed by atoms with Crippen molar-refractivity contribution in [1.29, 1.82) is 0 Å². The van der Waals surface area contributed by atoms with Gasteiger partial charge in [0.25, 0.3) is 0 Å². The highest BCUT2D eigenvalue weighted by atomic mass is 15.2. The van der Waals surface area contributed by atoms with E-state index in [1.165, 1.54) is 36.1 Å². The summed E-state index contributed by atoms with van der Waals surface area (Å²) < 4.78 is 0. The summed E-state index contributed by atoms with van der Waals surface area (Å²) in [4.78, 5) is 4.93. The fraction of sp³-hybridized carbons (Fsp3) is 0.647. The normalized spacial score (nSPS) is 22.2. The summed E-state index contributed by atoms with van der Waals surface area (Å²) in [5.74, 6) is 0. The van der Waals surface area contributed by atoms with E-state index >= 15 is 0 Å². The summed E-state index contributed by atoms with van der Waals surface area (Å²) in [6.45, 7) is 7.45. The SMILES string of the molecule is Cc1cccc(C(CN)N(C)C2CCCN(C)C2)c1C. The van der Waals surface area contributed by atoms with E-state index in [2.05, 4.69) is 55.9 Å². The average molecular weight is 275 g/mol. The molecule has 2 N–H and O–H groups in total. The first kappa shape index (κ1) is 15.5. The van der Waals surface area contributed by atoms with E-state index in [0.717, 1.165) is 6.54 Å². The Morgan fingerprint density at radius 2 is 2.15 bits per heavy atom. The molecule has 0 aromatic heterocycles. The first-order chi connectivity index (χ1) is 9.54. The summed E-state index contributed by atoms with van der Waals surface area (Å²) in [5, 5.41) is 0. The molecule has 0 saturated carbocycles. The lowest BCUT2D eigenvalue weighted by Crippen LogP contribution is -2.47. The van der Waals surface area contributed by atoms with Gasteiger partial charge in [-0.25, -0.2) is 0 Å². The van der Waals surface area contributed by atoms with Crippen LogP contribution in [0.25, 0.3) is 0 Å². The lowest BCUT2D eigenvalue weighted by molar-refractivity contribution is 0.101. The second-order valence-corrected chi connectivity index (χ2v) is 6.26. The van der Waals surface area contributed by atoms with Gasteiger partial charge in [-0.1, -0.05) is 18.2 Å². The Morgan fingerprint density at radius 1 is 1.40 bits per heavy atom. The van der Waals surface area contributed by atoms with Gasteiger partial charge < -0.3 is 10.6 Å². The van der Waals surface area contributed by atoms with Crippen molar-refractivity contribution in [3.8, 4) is 0 Å². The molecule has 20 heavy (non-hydrogen) atoms. The van der Waals surface area contributed by atoms with Gasteiger partial charge in [0.1, 0.15) is 0 Å². The lowest BCUT2D eigenvalue weighted by atomic mass is 9.94. The molecule has 1 aromatic rings. The number of hydrogen-bond acceptors (Lipinski definition) is 3. The van der Waals surface area contributed by atoms with Crippen LogP contribution in [0.5, 0.6) is 0 Å². The molecular formula is C17H29N3. The van der Waals surface area contributed by atoms with Crippen LogP contribution in [0, 0.1) is 13.8 Å². The molecule has 3 heteroatoms. The topological polar surface area (TPSA) is 32.5 Å². The zero-order valence-corrected chi connectivity index (χ0v) is 13.4. The number of rotatable bonds is 4. The zero-order valence-electron chi connectivity index (χ0n) is 13.4. The van der Waals surface area contributed by atoms with Gasteiger partial charge >= 0.3 is 0 Å². The van der Waals surface area contributed by atoms with Crippen molar-refractivity contribution in [2.45, 2.75) is 38.8 Å². The van der Waals surface area contributed by atoms with Crippen LogP contribution in [0.4, 0.5) is 0 Å². The molecule has 1 aliphatic heterocycles. The predicted octanol–water partition coefficient (Wildman–Crippen LogP) is 2.33. The maximum Gasteiger partial charge on any atom is 0.0473 e. The number of nitrogens with two attached hydrogens (primary N) is 1. The number of likely N-dealkylation sites (N-methyl/N-ethyl adjacent to an activating group) is 2. The number of benzene rings is 1. The van der Waals surface area contributed by atoms with Gasteiger partial charge in [-0.2, -0.15) is 0 Å². The molecule has 3 nitrogen and oxygen atoms in total. The van der Waals surface area contributed by atoms with Crippen LogP contribution in [0.3, 0.4) is 0 Å². The third kappa shape index (κ3) is 3.22. The van der Waals surface area contributed by atoms with E-state index in [1.54, 1.807) is 0 Å². The Hall–Kier alpha value is -0.900. The molecule has 2 rings (SSSR count). The van der Waals surface area contributed by atoms with Gasteiger partial charge in [-0.05, 0) is 64.0 Å². The number of piperidine rings is 1. The lowest BCUT2D eigenvalue weighted by Gasteiger charge is -2.40. The Bertz CT molecular complexity index is 444. The van der Waals surface area contributed by atoms with E-state index in [1.807, 2.05) is 0 Å². The minimum Gasteiger partial charge on any atom is -0.329 e. The summed E-state index contributed by atoms with van der Waals surface area (Å²) in [6, 6.07) is 7.51. The Labute approximate surface area is 123 Å². The van der Waals surface area contributed by atoms with Gasteiger partial charge in [-0.3, -0.25) is 4.90 Å². The first-order valence-corrected chi connectivity index (χ1v) is 7.71. The van der Waals surface area contributed by atoms with Crippen LogP contribution in [-0.4, -0.2) is 49.6 Å². The highest BCUT2D eigenvalue weighted by Crippen LogP contribution is 2.27. The maximum absolute atomic E-state index is 6.11. The molecule has 0 bridgehead atoms. The molecule has 0 radical (unpaired) electrons. The summed E-state index contributed by atoms with van der Waals surface area (Å²) in [5.41, 5.74) is 10.2. The maximum atomic E-state index is 6.11. The van der Waals surface area contributed by atoms with Crippen LogP contribution in [0.1, 0.15) is 35.6 Å². The van der Waals surface area contributed by atoms with Crippen LogP contribution in [0.2, 0.25) is 0 Å². The monoisotopic (exact) mass is 275 g/mol. The van der Waals surface area contributed by atoms with Gasteiger partial charge in [0.05, 0.1) is 0 Å². The standard InChI is InChI=1S/C17H29N3/c1-13-7-5-9-16(14(13)2)17(11-18)20(4)15-8-6-10-19(3)12-15/h5,7,9,15,17H,6,8,10-12,18H2,1-4H3. The van der Waals surface area contributed by atoms with Gasteiger partial charge in [0, 0.05) is 25.2 Å². The molecule has 2 atom stereocenters. The average Bonchev–Trinajstić information content (AvgIpc) is 2.44. The minimum absolute atomic E-state index is 0.325. The van der Waals surface area contributed by atoms with Crippen LogP contribution in [0.15, 0.2) is 18.2 Å². The molecule has 1 heterocycles. The van der Waals surface area contributed by atoms with Crippen molar-refractivity contribution >= 4 is 0 Å². The van der Waals surface area contributed by atoms with E-state index in [9.17, 15) is 0 Å². The molecule has 2 unspecified atom stereocenters. The van der Waals surface area contributed by atoms with E-state index < -0.39 is 0 Å². The fourth-order valence-corrected chi connectivity index (χ4v) is 3.37. The summed E-state index contributed by atoms with van der Waals surface area (Å²) in [7, 11) is 4.46. The molecular weight excluding hydrogens is 246 g/mol. The Morgan fingerprint density at radius 3 is 2.80 bits per heavy atom. The number of aryl methyl sites for hydroxylation is 1. The van der Waals surface area contributed by atoms with E-state index in [0.29, 0.717) is 18.6 Å². The molecule has 1 fully saturated rings. The van der Waals surface area contributed by atoms with E-state index in [4.69, 9.17) is 5.73 Å². The van der Waals surface area contributed by atoms with Crippen molar-refractivity contribution in [2.24, 2.45) is 5.73 Å². The zero-order chi connectivity index (χ0) is 14.7. The number of hydrogen-bond donors (Lipinski definition) is 1. The molecule has 0 spiro atoms. The largest absolute Gasteiger partial charge is 0.329 e. The molecule has 112 valence electrons.